The third kappa shape index (κ3) is 3.02. The largest absolute Gasteiger partial charge is 0.466 e. The second-order valence-electron chi connectivity index (χ2n) is 4.47. The lowest BCUT2D eigenvalue weighted by Gasteiger charge is -2.26. The van der Waals surface area contributed by atoms with Gasteiger partial charge in [-0.3, -0.25) is 9.69 Å². The SMILES string of the molecule is Cc1cc(C(COC=O)N2CCC(O)C2)ncn1. The maximum absolute atomic E-state index is 10.4. The molecule has 0 aliphatic carbocycles. The summed E-state index contributed by atoms with van der Waals surface area (Å²) in [7, 11) is 0. The lowest BCUT2D eigenvalue weighted by atomic mass is 10.1. The molecular weight excluding hydrogens is 234 g/mol. The van der Waals surface area contributed by atoms with Crippen molar-refractivity contribution < 1.29 is 14.6 Å². The van der Waals surface area contributed by atoms with Gasteiger partial charge in [0.2, 0.25) is 0 Å². The minimum absolute atomic E-state index is 0.117. The standard InChI is InChI=1S/C12H17N3O3/c1-9-4-11(14-7-13-9)12(6-18-8-16)15-3-2-10(17)5-15/h4,7-8,10,12,17H,2-3,5-6H2,1H3. The molecule has 0 radical (unpaired) electrons. The summed E-state index contributed by atoms with van der Waals surface area (Å²) in [5.41, 5.74) is 1.69. The van der Waals surface area contributed by atoms with E-state index in [1.54, 1.807) is 0 Å². The van der Waals surface area contributed by atoms with Crippen molar-refractivity contribution in [1.82, 2.24) is 14.9 Å². The number of hydrogen-bond donors (Lipinski definition) is 1. The summed E-state index contributed by atoms with van der Waals surface area (Å²) in [6, 6.07) is 1.76. The Balaban J connectivity index is 2.16. The molecule has 1 aromatic heterocycles. The van der Waals surface area contributed by atoms with E-state index in [2.05, 4.69) is 14.9 Å². The van der Waals surface area contributed by atoms with Gasteiger partial charge in [0.15, 0.2) is 0 Å². The zero-order valence-electron chi connectivity index (χ0n) is 10.3. The monoisotopic (exact) mass is 251 g/mol. The van der Waals surface area contributed by atoms with Gasteiger partial charge < -0.3 is 9.84 Å². The van der Waals surface area contributed by atoms with E-state index in [9.17, 15) is 9.90 Å². The molecule has 1 aliphatic rings. The van der Waals surface area contributed by atoms with Gasteiger partial charge in [-0.05, 0) is 19.4 Å². The quantitative estimate of drug-likeness (QED) is 0.746. The molecule has 2 atom stereocenters. The number of aliphatic hydroxyl groups excluding tert-OH is 1. The molecule has 2 heterocycles. The predicted octanol–water partition coefficient (Wildman–Crippen LogP) is 0.0657. The van der Waals surface area contributed by atoms with Crippen LogP contribution in [0.25, 0.3) is 0 Å². The van der Waals surface area contributed by atoms with Gasteiger partial charge in [-0.15, -0.1) is 0 Å². The summed E-state index contributed by atoms with van der Waals surface area (Å²) in [6.07, 6.45) is 1.93. The van der Waals surface area contributed by atoms with Crippen molar-refractivity contribution in [2.24, 2.45) is 0 Å². The molecule has 2 rings (SSSR count). The van der Waals surface area contributed by atoms with Crippen molar-refractivity contribution >= 4 is 6.47 Å². The molecule has 18 heavy (non-hydrogen) atoms. The van der Waals surface area contributed by atoms with Gasteiger partial charge in [-0.25, -0.2) is 9.97 Å². The molecule has 0 spiro atoms. The molecule has 0 aromatic carbocycles. The van der Waals surface area contributed by atoms with E-state index in [4.69, 9.17) is 4.74 Å². The van der Waals surface area contributed by atoms with Crippen LogP contribution in [0.5, 0.6) is 0 Å². The van der Waals surface area contributed by atoms with Crippen LogP contribution in [-0.4, -0.2) is 52.2 Å². The fourth-order valence-corrected chi connectivity index (χ4v) is 2.22. The van der Waals surface area contributed by atoms with E-state index in [0.29, 0.717) is 13.0 Å². The van der Waals surface area contributed by atoms with Crippen LogP contribution in [0.3, 0.4) is 0 Å². The van der Waals surface area contributed by atoms with E-state index in [1.165, 1.54) is 6.33 Å². The van der Waals surface area contributed by atoms with Gasteiger partial charge in [0.25, 0.3) is 6.47 Å². The van der Waals surface area contributed by atoms with Crippen LogP contribution in [-0.2, 0) is 9.53 Å². The highest BCUT2D eigenvalue weighted by Gasteiger charge is 2.29. The zero-order valence-corrected chi connectivity index (χ0v) is 10.3. The van der Waals surface area contributed by atoms with Crippen molar-refractivity contribution in [1.29, 1.82) is 0 Å². The molecule has 1 saturated heterocycles. The van der Waals surface area contributed by atoms with Crippen LogP contribution >= 0.6 is 0 Å². The topological polar surface area (TPSA) is 75.5 Å². The van der Waals surface area contributed by atoms with E-state index < -0.39 is 0 Å². The fourth-order valence-electron chi connectivity index (χ4n) is 2.22. The Kier molecular flexibility index (Phi) is 4.22. The van der Waals surface area contributed by atoms with E-state index in [0.717, 1.165) is 24.4 Å². The number of β-amino-alcohol motifs (C(OH)–C–C–N with tert-alkyl or cyclic N) is 1. The highest BCUT2D eigenvalue weighted by Crippen LogP contribution is 2.24. The van der Waals surface area contributed by atoms with Crippen molar-refractivity contribution in [3.63, 3.8) is 0 Å². The van der Waals surface area contributed by atoms with Crippen LogP contribution in [0.4, 0.5) is 0 Å². The van der Waals surface area contributed by atoms with E-state index in [-0.39, 0.29) is 18.8 Å². The number of aryl methyl sites for hydroxylation is 1. The molecule has 0 amide bonds. The normalized spacial score (nSPS) is 21.8. The van der Waals surface area contributed by atoms with Crippen molar-refractivity contribution in [3.8, 4) is 0 Å². The Morgan fingerprint density at radius 2 is 2.50 bits per heavy atom. The van der Waals surface area contributed by atoms with E-state index in [1.807, 2.05) is 13.0 Å². The number of ether oxygens (including phenoxy) is 1. The number of likely N-dealkylation sites (tertiary alicyclic amines) is 1. The average Bonchev–Trinajstić information content (AvgIpc) is 2.76. The molecule has 0 bridgehead atoms. The molecular formula is C12H17N3O3. The molecule has 1 aliphatic heterocycles. The highest BCUT2D eigenvalue weighted by atomic mass is 16.5. The van der Waals surface area contributed by atoms with Crippen molar-refractivity contribution in [2.45, 2.75) is 25.5 Å². The molecule has 0 saturated carbocycles. The van der Waals surface area contributed by atoms with Gasteiger partial charge in [-0.1, -0.05) is 0 Å². The number of carbonyl (C=O) groups is 1. The van der Waals surface area contributed by atoms with Gasteiger partial charge in [0.1, 0.15) is 12.9 Å². The van der Waals surface area contributed by atoms with Gasteiger partial charge >= 0.3 is 0 Å². The summed E-state index contributed by atoms with van der Waals surface area (Å²) in [5, 5.41) is 9.59. The summed E-state index contributed by atoms with van der Waals surface area (Å²) in [4.78, 5) is 20.7. The third-order valence-corrected chi connectivity index (χ3v) is 3.12. The smallest absolute Gasteiger partial charge is 0.293 e. The van der Waals surface area contributed by atoms with Crippen LogP contribution in [0.15, 0.2) is 12.4 Å². The molecule has 6 nitrogen and oxygen atoms in total. The molecule has 1 N–H and O–H groups in total. The summed E-state index contributed by atoms with van der Waals surface area (Å²) < 4.78 is 4.87. The second-order valence-corrected chi connectivity index (χ2v) is 4.47. The maximum atomic E-state index is 10.4. The number of aromatic nitrogens is 2. The first-order valence-corrected chi connectivity index (χ1v) is 5.96. The van der Waals surface area contributed by atoms with Gasteiger partial charge in [0.05, 0.1) is 17.8 Å². The fraction of sp³-hybridized carbons (Fsp3) is 0.583. The summed E-state index contributed by atoms with van der Waals surface area (Å²) in [6.45, 7) is 3.93. The predicted molar refractivity (Wildman–Crippen MR) is 63.7 cm³/mol. The molecule has 98 valence electrons. The first-order valence-electron chi connectivity index (χ1n) is 5.96. The number of nitrogens with zero attached hydrogens (tertiary/aromatic N) is 3. The highest BCUT2D eigenvalue weighted by molar-refractivity contribution is 5.37. The molecule has 1 aromatic rings. The molecule has 6 heteroatoms. The second kappa shape index (κ2) is 5.88. The lowest BCUT2D eigenvalue weighted by Crippen LogP contribution is -2.31. The zero-order chi connectivity index (χ0) is 13.0. The Morgan fingerprint density at radius 3 is 3.11 bits per heavy atom. The number of hydrogen-bond acceptors (Lipinski definition) is 6. The minimum atomic E-state index is -0.313. The van der Waals surface area contributed by atoms with Crippen LogP contribution in [0.1, 0.15) is 23.9 Å². The molecule has 2 unspecified atom stereocenters. The Hall–Kier alpha value is -1.53. The molecule has 1 fully saturated rings. The van der Waals surface area contributed by atoms with Crippen molar-refractivity contribution in [2.75, 3.05) is 19.7 Å². The first kappa shape index (κ1) is 12.9. The Labute approximate surface area is 106 Å². The number of rotatable bonds is 5. The Bertz CT molecular complexity index is 413. The third-order valence-electron chi connectivity index (χ3n) is 3.12. The maximum Gasteiger partial charge on any atom is 0.293 e. The van der Waals surface area contributed by atoms with Gasteiger partial charge in [0, 0.05) is 18.8 Å². The Morgan fingerprint density at radius 1 is 1.67 bits per heavy atom. The van der Waals surface area contributed by atoms with E-state index >= 15 is 0 Å². The van der Waals surface area contributed by atoms with Gasteiger partial charge in [-0.2, -0.15) is 0 Å². The first-order chi connectivity index (χ1) is 8.70. The number of aliphatic hydroxyl groups is 1. The summed E-state index contributed by atoms with van der Waals surface area (Å²) in [5.74, 6) is 0. The minimum Gasteiger partial charge on any atom is -0.466 e. The average molecular weight is 251 g/mol. The number of carbonyl (C=O) groups excluding carboxylic acids is 1. The van der Waals surface area contributed by atoms with Crippen LogP contribution in [0, 0.1) is 6.92 Å². The lowest BCUT2D eigenvalue weighted by molar-refractivity contribution is -0.130. The van der Waals surface area contributed by atoms with Crippen LogP contribution in [0.2, 0.25) is 0 Å². The summed E-state index contributed by atoms with van der Waals surface area (Å²) >= 11 is 0. The van der Waals surface area contributed by atoms with Crippen LogP contribution < -0.4 is 0 Å². The van der Waals surface area contributed by atoms with Crippen molar-refractivity contribution in [3.05, 3.63) is 23.8 Å².